The molecule has 82 valence electrons. The summed E-state index contributed by atoms with van der Waals surface area (Å²) in [5.41, 5.74) is 7.22. The average molecular weight is 217 g/mol. The van der Waals surface area contributed by atoms with Crippen LogP contribution in [0.1, 0.15) is 5.56 Å². The van der Waals surface area contributed by atoms with Gasteiger partial charge in [-0.2, -0.15) is 0 Å². The highest BCUT2D eigenvalue weighted by Gasteiger charge is 2.09. The fraction of sp³-hybridized carbons (Fsp3) is 0.0769. The zero-order valence-corrected chi connectivity index (χ0v) is 8.65. The van der Waals surface area contributed by atoms with Gasteiger partial charge in [0.05, 0.1) is 0 Å². The van der Waals surface area contributed by atoms with E-state index in [2.05, 4.69) is 0 Å². The molecule has 0 aliphatic carbocycles. The molecular formula is C13H12FNO. The van der Waals surface area contributed by atoms with Gasteiger partial charge in [-0.25, -0.2) is 4.39 Å². The van der Waals surface area contributed by atoms with Crippen LogP contribution >= 0.6 is 0 Å². The second-order valence-electron chi connectivity index (χ2n) is 3.54. The third-order valence-corrected chi connectivity index (χ3v) is 2.46. The fourth-order valence-corrected chi connectivity index (χ4v) is 1.61. The molecule has 3 heteroatoms. The Labute approximate surface area is 93.2 Å². The van der Waals surface area contributed by atoms with Crippen molar-refractivity contribution in [2.75, 3.05) is 0 Å². The molecule has 0 amide bonds. The highest BCUT2D eigenvalue weighted by Crippen LogP contribution is 2.31. The van der Waals surface area contributed by atoms with Gasteiger partial charge < -0.3 is 10.8 Å². The maximum absolute atomic E-state index is 13.5. The summed E-state index contributed by atoms with van der Waals surface area (Å²) in [6, 6.07) is 11.3. The standard InChI is InChI=1S/C13H12FNO/c14-12-4-2-1-3-10(12)11-7-9(8-15)5-6-13(11)16/h1-7,16H,8,15H2. The first kappa shape index (κ1) is 10.6. The van der Waals surface area contributed by atoms with Gasteiger partial charge in [0.25, 0.3) is 0 Å². The minimum Gasteiger partial charge on any atom is -0.507 e. The van der Waals surface area contributed by atoms with E-state index in [1.807, 2.05) is 0 Å². The Morgan fingerprint density at radius 3 is 2.50 bits per heavy atom. The molecule has 2 nitrogen and oxygen atoms in total. The maximum Gasteiger partial charge on any atom is 0.131 e. The van der Waals surface area contributed by atoms with Crippen molar-refractivity contribution in [2.24, 2.45) is 5.73 Å². The van der Waals surface area contributed by atoms with Crippen LogP contribution in [0.3, 0.4) is 0 Å². The number of halogens is 1. The van der Waals surface area contributed by atoms with Crippen LogP contribution in [0, 0.1) is 5.82 Å². The van der Waals surface area contributed by atoms with Gasteiger partial charge in [0.2, 0.25) is 0 Å². The van der Waals surface area contributed by atoms with Gasteiger partial charge in [-0.1, -0.05) is 24.3 Å². The van der Waals surface area contributed by atoms with Gasteiger partial charge >= 0.3 is 0 Å². The van der Waals surface area contributed by atoms with Crippen LogP contribution in [0.25, 0.3) is 11.1 Å². The maximum atomic E-state index is 13.5. The van der Waals surface area contributed by atoms with E-state index in [1.165, 1.54) is 12.1 Å². The van der Waals surface area contributed by atoms with Gasteiger partial charge in [0, 0.05) is 17.7 Å². The SMILES string of the molecule is NCc1ccc(O)c(-c2ccccc2F)c1. The molecule has 0 saturated carbocycles. The summed E-state index contributed by atoms with van der Waals surface area (Å²) < 4.78 is 13.5. The fourth-order valence-electron chi connectivity index (χ4n) is 1.61. The summed E-state index contributed by atoms with van der Waals surface area (Å²) >= 11 is 0. The smallest absolute Gasteiger partial charge is 0.131 e. The van der Waals surface area contributed by atoms with E-state index in [0.717, 1.165) is 5.56 Å². The molecule has 0 saturated heterocycles. The molecule has 0 aliphatic rings. The van der Waals surface area contributed by atoms with Crippen LogP contribution in [-0.4, -0.2) is 5.11 Å². The number of rotatable bonds is 2. The Hall–Kier alpha value is -1.87. The predicted octanol–water partition coefficient (Wildman–Crippen LogP) is 2.66. The van der Waals surface area contributed by atoms with Crippen molar-refractivity contribution in [3.63, 3.8) is 0 Å². The third kappa shape index (κ3) is 1.90. The lowest BCUT2D eigenvalue weighted by Gasteiger charge is -2.07. The number of hydrogen-bond donors (Lipinski definition) is 2. The van der Waals surface area contributed by atoms with Crippen LogP contribution in [-0.2, 0) is 6.54 Å². The van der Waals surface area contributed by atoms with E-state index in [4.69, 9.17) is 5.73 Å². The Morgan fingerprint density at radius 2 is 1.81 bits per heavy atom. The first-order valence-corrected chi connectivity index (χ1v) is 4.99. The Bertz CT molecular complexity index is 511. The van der Waals surface area contributed by atoms with Crippen LogP contribution < -0.4 is 5.73 Å². The van der Waals surface area contributed by atoms with Crippen LogP contribution in [0.2, 0.25) is 0 Å². The van der Waals surface area contributed by atoms with E-state index in [0.29, 0.717) is 17.7 Å². The minimum absolute atomic E-state index is 0.0577. The number of benzene rings is 2. The lowest BCUT2D eigenvalue weighted by atomic mass is 10.0. The number of phenolic OH excluding ortho intramolecular Hbond substituents is 1. The quantitative estimate of drug-likeness (QED) is 0.812. The van der Waals surface area contributed by atoms with Crippen LogP contribution in [0.15, 0.2) is 42.5 Å². The van der Waals surface area contributed by atoms with E-state index in [-0.39, 0.29) is 11.6 Å². The second-order valence-corrected chi connectivity index (χ2v) is 3.54. The summed E-state index contributed by atoms with van der Waals surface area (Å²) in [5, 5.41) is 9.70. The summed E-state index contributed by atoms with van der Waals surface area (Å²) in [7, 11) is 0. The molecule has 0 bridgehead atoms. The van der Waals surface area contributed by atoms with Crippen molar-refractivity contribution in [3.8, 4) is 16.9 Å². The molecule has 2 aromatic rings. The third-order valence-electron chi connectivity index (χ3n) is 2.46. The monoisotopic (exact) mass is 217 g/mol. The summed E-state index contributed by atoms with van der Waals surface area (Å²) in [6.45, 7) is 0.363. The van der Waals surface area contributed by atoms with Gasteiger partial charge in [-0.3, -0.25) is 0 Å². The predicted molar refractivity (Wildman–Crippen MR) is 61.4 cm³/mol. The van der Waals surface area contributed by atoms with Crippen LogP contribution in [0.4, 0.5) is 4.39 Å². The first-order valence-electron chi connectivity index (χ1n) is 4.99. The number of phenols is 1. The molecule has 0 aromatic heterocycles. The summed E-state index contributed by atoms with van der Waals surface area (Å²) in [4.78, 5) is 0. The Kier molecular flexibility index (Phi) is 2.88. The number of hydrogen-bond acceptors (Lipinski definition) is 2. The lowest BCUT2D eigenvalue weighted by molar-refractivity contribution is 0.476. The normalized spacial score (nSPS) is 10.4. The lowest BCUT2D eigenvalue weighted by Crippen LogP contribution is -1.96. The molecule has 0 atom stereocenters. The molecule has 0 spiro atoms. The van der Waals surface area contributed by atoms with E-state index in [9.17, 15) is 9.50 Å². The van der Waals surface area contributed by atoms with Crippen molar-refractivity contribution in [3.05, 3.63) is 53.8 Å². The summed E-state index contributed by atoms with van der Waals surface area (Å²) in [5.74, 6) is -0.297. The van der Waals surface area contributed by atoms with Crippen LogP contribution in [0.5, 0.6) is 5.75 Å². The number of aromatic hydroxyl groups is 1. The van der Waals surface area contributed by atoms with E-state index in [1.54, 1.807) is 30.3 Å². The highest BCUT2D eigenvalue weighted by atomic mass is 19.1. The number of nitrogens with two attached hydrogens (primary N) is 1. The van der Waals surface area contributed by atoms with Gasteiger partial charge in [-0.05, 0) is 23.8 Å². The molecule has 2 aromatic carbocycles. The van der Waals surface area contributed by atoms with Crippen molar-refractivity contribution < 1.29 is 9.50 Å². The highest BCUT2D eigenvalue weighted by molar-refractivity contribution is 5.71. The Morgan fingerprint density at radius 1 is 1.06 bits per heavy atom. The van der Waals surface area contributed by atoms with Crippen molar-refractivity contribution >= 4 is 0 Å². The molecule has 0 unspecified atom stereocenters. The zero-order chi connectivity index (χ0) is 11.5. The molecule has 0 aliphatic heterocycles. The molecule has 2 rings (SSSR count). The zero-order valence-electron chi connectivity index (χ0n) is 8.65. The minimum atomic E-state index is -0.355. The summed E-state index contributed by atoms with van der Waals surface area (Å²) in [6.07, 6.45) is 0. The van der Waals surface area contributed by atoms with Crippen molar-refractivity contribution in [2.45, 2.75) is 6.54 Å². The van der Waals surface area contributed by atoms with E-state index < -0.39 is 0 Å². The molecule has 0 fully saturated rings. The van der Waals surface area contributed by atoms with Gasteiger partial charge in [0.15, 0.2) is 0 Å². The Balaban J connectivity index is 2.59. The van der Waals surface area contributed by atoms with Crippen molar-refractivity contribution in [1.82, 2.24) is 0 Å². The molecule has 0 radical (unpaired) electrons. The molecule has 0 heterocycles. The second kappa shape index (κ2) is 4.33. The van der Waals surface area contributed by atoms with Gasteiger partial charge in [-0.15, -0.1) is 0 Å². The van der Waals surface area contributed by atoms with Crippen molar-refractivity contribution in [1.29, 1.82) is 0 Å². The molecule has 16 heavy (non-hydrogen) atoms. The largest absolute Gasteiger partial charge is 0.507 e. The topological polar surface area (TPSA) is 46.2 Å². The molecular weight excluding hydrogens is 205 g/mol. The van der Waals surface area contributed by atoms with E-state index >= 15 is 0 Å². The molecule has 3 N–H and O–H groups in total. The van der Waals surface area contributed by atoms with Gasteiger partial charge in [0.1, 0.15) is 11.6 Å². The average Bonchev–Trinajstić information content (AvgIpc) is 2.31. The first-order chi connectivity index (χ1) is 7.72.